The first-order chi connectivity index (χ1) is 16.4. The van der Waals surface area contributed by atoms with Crippen LogP contribution >= 0.6 is 11.6 Å². The Balaban J connectivity index is 1.70. The smallest absolute Gasteiger partial charge is 0.177 e. The van der Waals surface area contributed by atoms with Crippen LogP contribution in [-0.2, 0) is 10.5 Å². The van der Waals surface area contributed by atoms with Gasteiger partial charge in [0, 0.05) is 17.4 Å². The molecule has 1 saturated heterocycles. The number of imidazole rings is 1. The lowest BCUT2D eigenvalue weighted by molar-refractivity contribution is -0.152. The van der Waals surface area contributed by atoms with Crippen LogP contribution in [0.5, 0.6) is 0 Å². The molecule has 0 bridgehead atoms. The minimum atomic E-state index is -1.51. The summed E-state index contributed by atoms with van der Waals surface area (Å²) in [6.45, 7) is -0.472. The second-order valence-corrected chi connectivity index (χ2v) is 8.82. The van der Waals surface area contributed by atoms with Crippen LogP contribution in [-0.4, -0.2) is 59.8 Å². The molecule has 0 spiro atoms. The quantitative estimate of drug-likeness (QED) is 0.328. The van der Waals surface area contributed by atoms with E-state index in [1.54, 1.807) is 16.7 Å². The summed E-state index contributed by atoms with van der Waals surface area (Å²) in [5.41, 5.74) is 7.09. The van der Waals surface area contributed by atoms with E-state index in [0.29, 0.717) is 16.2 Å². The molecule has 2 aromatic heterocycles. The highest BCUT2D eigenvalue weighted by atomic mass is 35.5. The van der Waals surface area contributed by atoms with Crippen molar-refractivity contribution in [2.45, 2.75) is 36.4 Å². The minimum Gasteiger partial charge on any atom is -0.394 e. The Bertz CT molecular complexity index is 1290. The number of benzene rings is 2. The molecule has 1 aliphatic heterocycles. The summed E-state index contributed by atoms with van der Waals surface area (Å²) in [6, 6.07) is 17.2. The number of hydrogen-bond donors (Lipinski definition) is 4. The summed E-state index contributed by atoms with van der Waals surface area (Å²) in [5.74, 6) is -0.0858. The van der Waals surface area contributed by atoms with Crippen LogP contribution in [0.1, 0.15) is 23.5 Å². The van der Waals surface area contributed by atoms with Crippen LogP contribution < -0.4 is 5.73 Å². The van der Waals surface area contributed by atoms with Crippen molar-refractivity contribution in [1.29, 1.82) is 0 Å². The van der Waals surface area contributed by atoms with Gasteiger partial charge in [-0.2, -0.15) is 0 Å². The monoisotopic (exact) mass is 481 g/mol. The van der Waals surface area contributed by atoms with Crippen molar-refractivity contribution in [3.8, 4) is 0 Å². The summed E-state index contributed by atoms with van der Waals surface area (Å²) in [7, 11) is 0. The Labute approximate surface area is 200 Å². The van der Waals surface area contributed by atoms with Gasteiger partial charge in [0.1, 0.15) is 30.2 Å². The van der Waals surface area contributed by atoms with Gasteiger partial charge in [0.15, 0.2) is 17.2 Å². The first-order valence-corrected chi connectivity index (χ1v) is 11.2. The van der Waals surface area contributed by atoms with E-state index in [0.717, 1.165) is 11.1 Å². The van der Waals surface area contributed by atoms with Crippen molar-refractivity contribution in [3.63, 3.8) is 0 Å². The van der Waals surface area contributed by atoms with Gasteiger partial charge in [0.05, 0.1) is 12.9 Å². The van der Waals surface area contributed by atoms with E-state index in [4.69, 9.17) is 22.1 Å². The second kappa shape index (κ2) is 8.94. The zero-order valence-electron chi connectivity index (χ0n) is 18.1. The van der Waals surface area contributed by atoms with Gasteiger partial charge in [0.2, 0.25) is 0 Å². The van der Waals surface area contributed by atoms with E-state index >= 15 is 0 Å². The molecule has 34 heavy (non-hydrogen) atoms. The average molecular weight is 482 g/mol. The van der Waals surface area contributed by atoms with E-state index in [1.165, 1.54) is 12.7 Å². The maximum Gasteiger partial charge on any atom is 0.177 e. The van der Waals surface area contributed by atoms with Crippen molar-refractivity contribution in [3.05, 3.63) is 83.4 Å². The molecule has 0 aliphatic carbocycles. The molecular formula is C24H24ClN5O4. The third kappa shape index (κ3) is 3.71. The van der Waals surface area contributed by atoms with Gasteiger partial charge >= 0.3 is 0 Å². The molecule has 5 atom stereocenters. The molecule has 2 aromatic carbocycles. The maximum atomic E-state index is 11.4. The number of aromatic nitrogens is 4. The summed E-state index contributed by atoms with van der Waals surface area (Å²) in [6.07, 6.45) is -0.759. The molecule has 1 unspecified atom stereocenters. The fourth-order valence-corrected chi connectivity index (χ4v) is 4.84. The van der Waals surface area contributed by atoms with Gasteiger partial charge in [-0.05, 0) is 23.3 Å². The fourth-order valence-electron chi connectivity index (χ4n) is 4.71. The Morgan fingerprint density at radius 3 is 2.41 bits per heavy atom. The van der Waals surface area contributed by atoms with Crippen molar-refractivity contribution < 1.29 is 20.1 Å². The predicted molar refractivity (Wildman–Crippen MR) is 126 cm³/mol. The average Bonchev–Trinajstić information content (AvgIpc) is 3.40. The molecule has 1 fully saturated rings. The molecule has 1 aliphatic rings. The van der Waals surface area contributed by atoms with E-state index in [-0.39, 0.29) is 18.2 Å². The van der Waals surface area contributed by atoms with Gasteiger partial charge in [-0.3, -0.25) is 4.57 Å². The number of aliphatic hydroxyl groups excluding tert-OH is 3. The van der Waals surface area contributed by atoms with Crippen LogP contribution in [0, 0.1) is 0 Å². The highest BCUT2D eigenvalue weighted by Crippen LogP contribution is 2.46. The van der Waals surface area contributed by atoms with Crippen molar-refractivity contribution >= 4 is 28.6 Å². The Hall–Kier alpha value is -3.08. The van der Waals surface area contributed by atoms with E-state index in [9.17, 15) is 15.3 Å². The number of aliphatic hydroxyl groups is 3. The molecule has 5 rings (SSSR count). The number of anilines is 1. The molecular weight excluding hydrogens is 458 g/mol. The number of rotatable bonds is 6. The normalized spacial score (nSPS) is 25.6. The third-order valence-electron chi connectivity index (χ3n) is 6.44. The standard InChI is InChI=1S/C24H24ClN5O4/c25-16-8-6-15(7-9-16)17(14-4-2-1-3-5-14)10-24(21(33)20(32)18(11-31)34-24)30-13-29-19-22(26)27-12-28-23(19)30/h1-9,12-13,17-18,20-21,31-33H,10-11H2,(H2,26,27,28)/t17?,18-,20-,21-,24-/m1/s1. The molecule has 0 saturated carbocycles. The summed E-state index contributed by atoms with van der Waals surface area (Å²) in [4.78, 5) is 12.7. The number of ether oxygens (including phenoxy) is 1. The zero-order chi connectivity index (χ0) is 23.9. The molecule has 0 amide bonds. The van der Waals surface area contributed by atoms with E-state index in [1.807, 2.05) is 42.5 Å². The maximum absolute atomic E-state index is 11.4. The first kappa shape index (κ1) is 22.7. The summed E-state index contributed by atoms with van der Waals surface area (Å²) >= 11 is 6.14. The highest BCUT2D eigenvalue weighted by Gasteiger charge is 2.57. The van der Waals surface area contributed by atoms with Crippen molar-refractivity contribution in [2.24, 2.45) is 0 Å². The van der Waals surface area contributed by atoms with Crippen LogP contribution in [0.25, 0.3) is 11.2 Å². The zero-order valence-corrected chi connectivity index (χ0v) is 18.8. The molecule has 10 heteroatoms. The molecule has 9 nitrogen and oxygen atoms in total. The van der Waals surface area contributed by atoms with E-state index in [2.05, 4.69) is 15.0 Å². The number of fused-ring (bicyclic) bond motifs is 1. The number of nitrogen functional groups attached to an aromatic ring is 1. The molecule has 3 heterocycles. The molecule has 176 valence electrons. The van der Waals surface area contributed by atoms with Gasteiger partial charge in [-0.25, -0.2) is 15.0 Å². The predicted octanol–water partition coefficient (Wildman–Crippen LogP) is 2.05. The lowest BCUT2D eigenvalue weighted by Gasteiger charge is -2.37. The number of nitrogens with zero attached hydrogens (tertiary/aromatic N) is 4. The molecule has 0 radical (unpaired) electrons. The minimum absolute atomic E-state index is 0.183. The highest BCUT2D eigenvalue weighted by molar-refractivity contribution is 6.30. The Kier molecular flexibility index (Phi) is 5.97. The Morgan fingerprint density at radius 1 is 1.03 bits per heavy atom. The molecule has 4 aromatic rings. The summed E-state index contributed by atoms with van der Waals surface area (Å²) in [5, 5.41) is 32.6. The van der Waals surface area contributed by atoms with Crippen molar-refractivity contribution in [1.82, 2.24) is 19.5 Å². The fraction of sp³-hybridized carbons (Fsp3) is 0.292. The van der Waals surface area contributed by atoms with Crippen LogP contribution in [0.2, 0.25) is 5.02 Å². The second-order valence-electron chi connectivity index (χ2n) is 8.38. The topological polar surface area (TPSA) is 140 Å². The number of hydrogen-bond acceptors (Lipinski definition) is 8. The largest absolute Gasteiger partial charge is 0.394 e. The van der Waals surface area contributed by atoms with Gasteiger partial charge in [-0.15, -0.1) is 0 Å². The SMILES string of the molecule is Nc1ncnc2c1ncn2[C@]1(CC(c2ccccc2)c2ccc(Cl)cc2)O[C@H](CO)[C@@H](O)[C@H]1O. The van der Waals surface area contributed by atoms with Crippen LogP contribution in [0.4, 0.5) is 5.82 Å². The lowest BCUT2D eigenvalue weighted by Crippen LogP contribution is -2.46. The van der Waals surface area contributed by atoms with E-state index < -0.39 is 30.6 Å². The van der Waals surface area contributed by atoms with Gasteiger partial charge in [-0.1, -0.05) is 54.1 Å². The van der Waals surface area contributed by atoms with Crippen molar-refractivity contribution in [2.75, 3.05) is 12.3 Å². The number of halogens is 1. The molecule has 5 N–H and O–H groups in total. The van der Waals surface area contributed by atoms with Gasteiger partial charge < -0.3 is 25.8 Å². The van der Waals surface area contributed by atoms with Crippen LogP contribution in [0.3, 0.4) is 0 Å². The third-order valence-corrected chi connectivity index (χ3v) is 6.69. The summed E-state index contributed by atoms with van der Waals surface area (Å²) < 4.78 is 7.84. The number of nitrogens with two attached hydrogens (primary N) is 1. The Morgan fingerprint density at radius 2 is 1.74 bits per heavy atom. The first-order valence-electron chi connectivity index (χ1n) is 10.8. The van der Waals surface area contributed by atoms with Crippen LogP contribution in [0.15, 0.2) is 67.3 Å². The van der Waals surface area contributed by atoms with Gasteiger partial charge in [0.25, 0.3) is 0 Å². The lowest BCUT2D eigenvalue weighted by atomic mass is 9.82.